The molecule has 0 radical (unpaired) electrons. The Hall–Kier alpha value is -2.67. The van der Waals surface area contributed by atoms with Crippen LogP contribution >= 0.6 is 0 Å². The first-order valence-electron chi connectivity index (χ1n) is 11.9. The fraction of sp³-hybridized carbons (Fsp3) is 0.593. The van der Waals surface area contributed by atoms with Crippen LogP contribution in [0.25, 0.3) is 0 Å². The summed E-state index contributed by atoms with van der Waals surface area (Å²) in [6.45, 7) is 15.3. The molecule has 0 aliphatic carbocycles. The van der Waals surface area contributed by atoms with E-state index in [0.29, 0.717) is 6.42 Å². The summed E-state index contributed by atoms with van der Waals surface area (Å²) in [6, 6.07) is 7.92. The summed E-state index contributed by atoms with van der Waals surface area (Å²) < 4.78 is 0. The predicted octanol–water partition coefficient (Wildman–Crippen LogP) is 3.64. The first-order chi connectivity index (χ1) is 15.7. The highest BCUT2D eigenvalue weighted by molar-refractivity contribution is 5.91. The second kappa shape index (κ2) is 12.2. The SMILES string of the molecule is CC/C(=C\[C@@H](NC(=O)[C@@H](NC(=O)[C@@H](NC)C(C)(C)c1ccccc1)C(C)(C)C)C(C)C)C(=O)O. The number of carbonyl (C=O) groups is 3. The van der Waals surface area contributed by atoms with E-state index in [2.05, 4.69) is 16.0 Å². The van der Waals surface area contributed by atoms with Gasteiger partial charge >= 0.3 is 5.97 Å². The molecule has 1 aromatic carbocycles. The van der Waals surface area contributed by atoms with Crippen LogP contribution in [0.4, 0.5) is 0 Å². The van der Waals surface area contributed by atoms with Crippen molar-refractivity contribution in [3.63, 3.8) is 0 Å². The third kappa shape index (κ3) is 7.69. The Kier molecular flexibility index (Phi) is 10.5. The first-order valence-corrected chi connectivity index (χ1v) is 11.9. The molecule has 7 nitrogen and oxygen atoms in total. The molecule has 7 heteroatoms. The molecule has 0 fully saturated rings. The van der Waals surface area contributed by atoms with E-state index in [4.69, 9.17) is 0 Å². The van der Waals surface area contributed by atoms with Crippen molar-refractivity contribution in [3.8, 4) is 0 Å². The molecular weight excluding hydrogens is 430 g/mol. The summed E-state index contributed by atoms with van der Waals surface area (Å²) in [5, 5.41) is 18.5. The van der Waals surface area contributed by atoms with Crippen LogP contribution in [0.2, 0.25) is 0 Å². The zero-order valence-electron chi connectivity index (χ0n) is 22.2. The van der Waals surface area contributed by atoms with Crippen molar-refractivity contribution in [2.45, 2.75) is 85.4 Å². The number of amides is 2. The molecule has 0 aliphatic heterocycles. The number of nitrogens with one attached hydrogen (secondary N) is 3. The third-order valence-electron chi connectivity index (χ3n) is 6.27. The van der Waals surface area contributed by atoms with Crippen LogP contribution in [-0.2, 0) is 19.8 Å². The van der Waals surface area contributed by atoms with E-state index in [9.17, 15) is 19.5 Å². The van der Waals surface area contributed by atoms with Gasteiger partial charge in [-0.05, 0) is 30.4 Å². The number of hydrogen-bond donors (Lipinski definition) is 4. The van der Waals surface area contributed by atoms with E-state index in [1.54, 1.807) is 20.0 Å². The lowest BCUT2D eigenvalue weighted by atomic mass is 9.76. The largest absolute Gasteiger partial charge is 0.478 e. The van der Waals surface area contributed by atoms with Crippen molar-refractivity contribution in [3.05, 3.63) is 47.5 Å². The average Bonchev–Trinajstić information content (AvgIpc) is 2.74. The normalized spacial score (nSPS) is 15.4. The monoisotopic (exact) mass is 473 g/mol. The van der Waals surface area contributed by atoms with E-state index < -0.39 is 34.9 Å². The third-order valence-corrected chi connectivity index (χ3v) is 6.27. The van der Waals surface area contributed by atoms with Gasteiger partial charge in [-0.1, -0.05) is 91.8 Å². The molecule has 190 valence electrons. The smallest absolute Gasteiger partial charge is 0.331 e. The number of likely N-dealkylation sites (N-methyl/N-ethyl adjacent to an activating group) is 1. The molecule has 3 atom stereocenters. The Bertz CT molecular complexity index is 870. The molecule has 0 aromatic heterocycles. The van der Waals surface area contributed by atoms with Gasteiger partial charge in [0.2, 0.25) is 11.8 Å². The summed E-state index contributed by atoms with van der Waals surface area (Å²) in [5.74, 6) is -1.64. The summed E-state index contributed by atoms with van der Waals surface area (Å²) in [5.41, 5.74) is 0.155. The predicted molar refractivity (Wildman–Crippen MR) is 136 cm³/mol. The van der Waals surface area contributed by atoms with Gasteiger partial charge < -0.3 is 21.1 Å². The van der Waals surface area contributed by atoms with Gasteiger partial charge in [-0.15, -0.1) is 0 Å². The molecule has 34 heavy (non-hydrogen) atoms. The Morgan fingerprint density at radius 1 is 0.941 bits per heavy atom. The van der Waals surface area contributed by atoms with Gasteiger partial charge in [-0.2, -0.15) is 0 Å². The van der Waals surface area contributed by atoms with Gasteiger partial charge in [0.25, 0.3) is 0 Å². The quantitative estimate of drug-likeness (QED) is 0.367. The lowest BCUT2D eigenvalue weighted by molar-refractivity contribution is -0.133. The Labute approximate surface area is 204 Å². The highest BCUT2D eigenvalue weighted by Gasteiger charge is 2.40. The van der Waals surface area contributed by atoms with E-state index in [1.807, 2.05) is 78.8 Å². The topological polar surface area (TPSA) is 108 Å². The van der Waals surface area contributed by atoms with Crippen molar-refractivity contribution >= 4 is 17.8 Å². The van der Waals surface area contributed by atoms with Crippen LogP contribution in [0.3, 0.4) is 0 Å². The second-order valence-corrected chi connectivity index (χ2v) is 10.7. The molecule has 1 aromatic rings. The second-order valence-electron chi connectivity index (χ2n) is 10.7. The lowest BCUT2D eigenvalue weighted by Gasteiger charge is -2.37. The molecule has 0 bridgehead atoms. The zero-order chi connectivity index (χ0) is 26.3. The number of carboxylic acid groups (broad SMARTS) is 1. The summed E-state index contributed by atoms with van der Waals surface area (Å²) in [6.07, 6.45) is 1.95. The zero-order valence-corrected chi connectivity index (χ0v) is 22.2. The van der Waals surface area contributed by atoms with Crippen molar-refractivity contribution in [1.82, 2.24) is 16.0 Å². The van der Waals surface area contributed by atoms with Gasteiger partial charge in [0.15, 0.2) is 0 Å². The molecule has 0 heterocycles. The maximum atomic E-state index is 13.4. The van der Waals surface area contributed by atoms with Crippen molar-refractivity contribution in [1.29, 1.82) is 0 Å². The van der Waals surface area contributed by atoms with Gasteiger partial charge in [-0.3, -0.25) is 9.59 Å². The van der Waals surface area contributed by atoms with Crippen LogP contribution in [0.5, 0.6) is 0 Å². The maximum Gasteiger partial charge on any atom is 0.331 e. The number of hydrogen-bond acceptors (Lipinski definition) is 4. The molecule has 4 N–H and O–H groups in total. The molecule has 0 saturated heterocycles. The van der Waals surface area contributed by atoms with Gasteiger partial charge in [0, 0.05) is 11.0 Å². The number of rotatable bonds is 11. The number of benzene rings is 1. The first kappa shape index (κ1) is 29.4. The number of aliphatic carboxylic acids is 1. The standard InChI is InChI=1S/C27H43N3O4/c1-10-18(25(33)34)16-20(17(2)3)29-23(31)21(26(4,5)6)30-24(32)22(28-9)27(7,8)19-14-12-11-13-15-19/h11-17,20-22,28H,10H2,1-9H3,(H,29,31)(H,30,32)(H,33,34)/b18-16+/t20-,21-,22-/m1/s1. The fourth-order valence-corrected chi connectivity index (χ4v) is 3.96. The average molecular weight is 474 g/mol. The minimum absolute atomic E-state index is 0.0248. The van der Waals surface area contributed by atoms with Crippen molar-refractivity contribution in [2.75, 3.05) is 7.05 Å². The summed E-state index contributed by atoms with van der Waals surface area (Å²) in [7, 11) is 1.73. The Balaban J connectivity index is 3.20. The van der Waals surface area contributed by atoms with E-state index >= 15 is 0 Å². The molecule has 0 saturated carbocycles. The molecular formula is C27H43N3O4. The fourth-order valence-electron chi connectivity index (χ4n) is 3.96. The van der Waals surface area contributed by atoms with E-state index in [0.717, 1.165) is 5.56 Å². The van der Waals surface area contributed by atoms with Crippen LogP contribution in [0.1, 0.15) is 67.4 Å². The van der Waals surface area contributed by atoms with Gasteiger partial charge in [0.1, 0.15) is 6.04 Å². The molecule has 0 aliphatic rings. The minimum atomic E-state index is -0.997. The molecule has 2 amide bonds. The molecule has 0 spiro atoms. The molecule has 1 rings (SSSR count). The van der Waals surface area contributed by atoms with Crippen molar-refractivity contribution in [2.24, 2.45) is 11.3 Å². The van der Waals surface area contributed by atoms with Crippen LogP contribution < -0.4 is 16.0 Å². The maximum absolute atomic E-state index is 13.4. The minimum Gasteiger partial charge on any atom is -0.478 e. The highest BCUT2D eigenvalue weighted by Crippen LogP contribution is 2.28. The summed E-state index contributed by atoms with van der Waals surface area (Å²) >= 11 is 0. The number of carboxylic acids is 1. The highest BCUT2D eigenvalue weighted by atomic mass is 16.4. The Morgan fingerprint density at radius 3 is 1.88 bits per heavy atom. The van der Waals surface area contributed by atoms with Crippen molar-refractivity contribution < 1.29 is 19.5 Å². The van der Waals surface area contributed by atoms with Crippen LogP contribution in [-0.4, -0.2) is 48.1 Å². The summed E-state index contributed by atoms with van der Waals surface area (Å²) in [4.78, 5) is 38.3. The van der Waals surface area contributed by atoms with E-state index in [1.165, 1.54) is 0 Å². The van der Waals surface area contributed by atoms with Gasteiger partial charge in [0.05, 0.1) is 12.1 Å². The molecule has 0 unspecified atom stereocenters. The van der Waals surface area contributed by atoms with Crippen LogP contribution in [0, 0.1) is 11.3 Å². The lowest BCUT2D eigenvalue weighted by Crippen LogP contribution is -2.61. The number of carbonyl (C=O) groups excluding carboxylic acids is 2. The van der Waals surface area contributed by atoms with Crippen LogP contribution in [0.15, 0.2) is 42.0 Å². The Morgan fingerprint density at radius 2 is 1.47 bits per heavy atom. The van der Waals surface area contributed by atoms with Gasteiger partial charge in [-0.25, -0.2) is 4.79 Å². The van der Waals surface area contributed by atoms with E-state index in [-0.39, 0.29) is 23.3 Å².